The molecule has 0 amide bonds. The number of rotatable bonds is 3. The van der Waals surface area contributed by atoms with Gasteiger partial charge in [0.1, 0.15) is 6.10 Å². The number of nitrogens with two attached hydrogens (primary N) is 1. The van der Waals surface area contributed by atoms with Crippen molar-refractivity contribution in [1.82, 2.24) is 10.1 Å². The lowest BCUT2D eigenvalue weighted by atomic mass is 10.0. The van der Waals surface area contributed by atoms with Crippen LogP contribution in [0.3, 0.4) is 0 Å². The minimum atomic E-state index is -0.0741. The van der Waals surface area contributed by atoms with Gasteiger partial charge in [0, 0.05) is 18.4 Å². The van der Waals surface area contributed by atoms with Crippen LogP contribution in [0.1, 0.15) is 43.0 Å². The molecule has 1 aromatic rings. The van der Waals surface area contributed by atoms with E-state index < -0.39 is 0 Å². The van der Waals surface area contributed by atoms with Crippen LogP contribution in [-0.2, 0) is 4.74 Å². The average Bonchev–Trinajstić information content (AvgIpc) is 2.83. The van der Waals surface area contributed by atoms with Crippen molar-refractivity contribution in [3.8, 4) is 0 Å². The van der Waals surface area contributed by atoms with Crippen molar-refractivity contribution in [3.63, 3.8) is 0 Å². The summed E-state index contributed by atoms with van der Waals surface area (Å²) in [6, 6.07) is 0. The number of hydrogen-bond acceptors (Lipinski definition) is 5. The van der Waals surface area contributed by atoms with E-state index in [1.807, 2.05) is 0 Å². The minimum absolute atomic E-state index is 0.0741. The van der Waals surface area contributed by atoms with Crippen LogP contribution >= 0.6 is 0 Å². The zero-order chi connectivity index (χ0) is 10.3. The maximum absolute atomic E-state index is 5.67. The Morgan fingerprint density at radius 2 is 2.20 bits per heavy atom. The summed E-state index contributed by atoms with van der Waals surface area (Å²) in [5.41, 5.74) is 5.67. The quantitative estimate of drug-likeness (QED) is 0.803. The summed E-state index contributed by atoms with van der Waals surface area (Å²) in [4.78, 5) is 4.39. The standard InChI is InChI=1S/C10H15N3O2/c11-5-7-3-4-14-8(7)10-12-9(13-15-10)6-1-2-6/h6-8H,1-5,11H2/t7-,8+/m0/s1. The molecule has 1 saturated heterocycles. The Morgan fingerprint density at radius 1 is 1.33 bits per heavy atom. The van der Waals surface area contributed by atoms with Crippen molar-refractivity contribution >= 4 is 0 Å². The first-order chi connectivity index (χ1) is 7.38. The molecule has 82 valence electrons. The summed E-state index contributed by atoms with van der Waals surface area (Å²) in [7, 11) is 0. The van der Waals surface area contributed by atoms with Crippen molar-refractivity contribution < 1.29 is 9.26 Å². The Balaban J connectivity index is 1.78. The Kier molecular flexibility index (Phi) is 2.21. The van der Waals surface area contributed by atoms with Crippen LogP contribution < -0.4 is 5.73 Å². The molecule has 1 aliphatic heterocycles. The minimum Gasteiger partial charge on any atom is -0.368 e. The highest BCUT2D eigenvalue weighted by Gasteiger charge is 2.35. The summed E-state index contributed by atoms with van der Waals surface area (Å²) < 4.78 is 10.8. The highest BCUT2D eigenvalue weighted by Crippen LogP contribution is 2.40. The smallest absolute Gasteiger partial charge is 0.256 e. The van der Waals surface area contributed by atoms with Gasteiger partial charge in [0.05, 0.1) is 0 Å². The fraction of sp³-hybridized carbons (Fsp3) is 0.800. The lowest BCUT2D eigenvalue weighted by Gasteiger charge is -2.11. The van der Waals surface area contributed by atoms with Crippen molar-refractivity contribution in [2.75, 3.05) is 13.2 Å². The maximum atomic E-state index is 5.67. The monoisotopic (exact) mass is 209 g/mol. The van der Waals surface area contributed by atoms with Gasteiger partial charge in [-0.05, 0) is 25.8 Å². The third kappa shape index (κ3) is 1.66. The molecule has 15 heavy (non-hydrogen) atoms. The van der Waals surface area contributed by atoms with Crippen LogP contribution in [0.5, 0.6) is 0 Å². The van der Waals surface area contributed by atoms with Crippen LogP contribution in [0, 0.1) is 5.92 Å². The van der Waals surface area contributed by atoms with Gasteiger partial charge in [-0.1, -0.05) is 5.16 Å². The molecule has 0 bridgehead atoms. The van der Waals surface area contributed by atoms with E-state index in [9.17, 15) is 0 Å². The van der Waals surface area contributed by atoms with E-state index in [0.29, 0.717) is 24.3 Å². The molecule has 3 rings (SSSR count). The SMILES string of the molecule is NC[C@@H]1CCO[C@H]1c1nc(C2CC2)no1. The molecule has 1 aromatic heterocycles. The van der Waals surface area contributed by atoms with Gasteiger partial charge in [0.2, 0.25) is 0 Å². The topological polar surface area (TPSA) is 74.2 Å². The molecule has 0 aromatic carbocycles. The molecule has 1 aliphatic carbocycles. The Bertz CT molecular complexity index is 348. The highest BCUT2D eigenvalue weighted by molar-refractivity contribution is 5.05. The van der Waals surface area contributed by atoms with Gasteiger partial charge in [-0.2, -0.15) is 4.98 Å². The van der Waals surface area contributed by atoms with E-state index in [2.05, 4.69) is 10.1 Å². The lowest BCUT2D eigenvalue weighted by Crippen LogP contribution is -2.18. The van der Waals surface area contributed by atoms with Gasteiger partial charge in [0.15, 0.2) is 5.82 Å². The van der Waals surface area contributed by atoms with E-state index >= 15 is 0 Å². The summed E-state index contributed by atoms with van der Waals surface area (Å²) in [6.45, 7) is 1.36. The van der Waals surface area contributed by atoms with E-state index in [1.165, 1.54) is 12.8 Å². The molecule has 0 radical (unpaired) electrons. The van der Waals surface area contributed by atoms with Gasteiger partial charge < -0.3 is 15.0 Å². The normalized spacial score (nSPS) is 31.0. The molecule has 2 aliphatic rings. The molecular formula is C10H15N3O2. The Morgan fingerprint density at radius 3 is 2.93 bits per heavy atom. The fourth-order valence-electron chi connectivity index (χ4n) is 2.02. The van der Waals surface area contributed by atoms with Crippen molar-refractivity contribution in [1.29, 1.82) is 0 Å². The van der Waals surface area contributed by atoms with E-state index in [0.717, 1.165) is 18.9 Å². The fourth-order valence-corrected chi connectivity index (χ4v) is 2.02. The lowest BCUT2D eigenvalue weighted by molar-refractivity contribution is 0.0642. The maximum Gasteiger partial charge on any atom is 0.256 e. The number of aromatic nitrogens is 2. The zero-order valence-corrected chi connectivity index (χ0v) is 8.56. The second kappa shape index (κ2) is 3.57. The predicted octanol–water partition coefficient (Wildman–Crippen LogP) is 0.983. The molecule has 0 spiro atoms. The second-order valence-electron chi connectivity index (χ2n) is 4.34. The van der Waals surface area contributed by atoms with Gasteiger partial charge in [0.25, 0.3) is 5.89 Å². The summed E-state index contributed by atoms with van der Waals surface area (Å²) in [5, 5.41) is 3.98. The van der Waals surface area contributed by atoms with E-state index in [4.69, 9.17) is 15.0 Å². The van der Waals surface area contributed by atoms with Crippen LogP contribution in [0.25, 0.3) is 0 Å². The van der Waals surface area contributed by atoms with Gasteiger partial charge in [-0.25, -0.2) is 0 Å². The van der Waals surface area contributed by atoms with E-state index in [-0.39, 0.29) is 6.10 Å². The Hall–Kier alpha value is -0.940. The molecule has 2 fully saturated rings. The van der Waals surface area contributed by atoms with Gasteiger partial charge >= 0.3 is 0 Å². The van der Waals surface area contributed by atoms with Crippen molar-refractivity contribution in [3.05, 3.63) is 11.7 Å². The molecule has 0 unspecified atom stereocenters. The molecule has 5 nitrogen and oxygen atoms in total. The third-order valence-corrected chi connectivity index (χ3v) is 3.16. The molecule has 2 atom stereocenters. The molecule has 2 N–H and O–H groups in total. The second-order valence-corrected chi connectivity index (χ2v) is 4.34. The third-order valence-electron chi connectivity index (χ3n) is 3.16. The predicted molar refractivity (Wildman–Crippen MR) is 52.1 cm³/mol. The van der Waals surface area contributed by atoms with Crippen molar-refractivity contribution in [2.24, 2.45) is 11.7 Å². The first-order valence-electron chi connectivity index (χ1n) is 5.53. The van der Waals surface area contributed by atoms with Crippen LogP contribution in [0.2, 0.25) is 0 Å². The van der Waals surface area contributed by atoms with Crippen LogP contribution in [0.4, 0.5) is 0 Å². The van der Waals surface area contributed by atoms with Crippen LogP contribution in [-0.4, -0.2) is 23.3 Å². The number of hydrogen-bond donors (Lipinski definition) is 1. The molecular weight excluding hydrogens is 194 g/mol. The largest absolute Gasteiger partial charge is 0.368 e. The van der Waals surface area contributed by atoms with Crippen LogP contribution in [0.15, 0.2) is 4.52 Å². The highest BCUT2D eigenvalue weighted by atomic mass is 16.5. The van der Waals surface area contributed by atoms with E-state index in [1.54, 1.807) is 0 Å². The van der Waals surface area contributed by atoms with Gasteiger partial charge in [-0.15, -0.1) is 0 Å². The van der Waals surface area contributed by atoms with Gasteiger partial charge in [-0.3, -0.25) is 0 Å². The summed E-state index contributed by atoms with van der Waals surface area (Å²) >= 11 is 0. The molecule has 2 heterocycles. The molecule has 5 heteroatoms. The van der Waals surface area contributed by atoms with Crippen molar-refractivity contribution in [2.45, 2.75) is 31.3 Å². The zero-order valence-electron chi connectivity index (χ0n) is 8.56. The number of nitrogens with zero attached hydrogens (tertiary/aromatic N) is 2. The summed E-state index contributed by atoms with van der Waals surface area (Å²) in [5.74, 6) is 2.32. The Labute approximate surface area is 88.0 Å². The first kappa shape index (κ1) is 9.30. The first-order valence-corrected chi connectivity index (χ1v) is 5.53. The summed E-state index contributed by atoms with van der Waals surface area (Å²) in [6.07, 6.45) is 3.28. The number of ether oxygens (including phenoxy) is 1. The average molecular weight is 209 g/mol. The molecule has 1 saturated carbocycles.